The van der Waals surface area contributed by atoms with E-state index in [1.807, 2.05) is 18.5 Å². The molecular formula is C9H15BrNO3P. The molecule has 0 N–H and O–H groups in total. The van der Waals surface area contributed by atoms with Crippen molar-refractivity contribution in [2.75, 3.05) is 26.3 Å². The molecule has 0 amide bonds. The number of hydrogen-bond donors (Lipinski definition) is 0. The Kier molecular flexibility index (Phi) is 3.12. The van der Waals surface area contributed by atoms with Crippen molar-refractivity contribution in [3.63, 3.8) is 0 Å². The van der Waals surface area contributed by atoms with Gasteiger partial charge in [0.05, 0.1) is 13.2 Å². The average molecular weight is 296 g/mol. The fraction of sp³-hybridized carbons (Fsp3) is 0.778. The highest BCUT2D eigenvalue weighted by Gasteiger charge is 2.44. The lowest BCUT2D eigenvalue weighted by Crippen LogP contribution is -2.34. The molecule has 0 radical (unpaired) electrons. The lowest BCUT2D eigenvalue weighted by Gasteiger charge is -2.32. The first-order chi connectivity index (χ1) is 6.94. The van der Waals surface area contributed by atoms with Crippen molar-refractivity contribution in [2.24, 2.45) is 0 Å². The highest BCUT2D eigenvalue weighted by Crippen LogP contribution is 2.63. The normalized spacial score (nSPS) is 36.6. The van der Waals surface area contributed by atoms with Gasteiger partial charge in [0, 0.05) is 23.4 Å². The number of halogens is 1. The van der Waals surface area contributed by atoms with E-state index in [9.17, 15) is 4.57 Å². The summed E-state index contributed by atoms with van der Waals surface area (Å²) in [4.78, 5) is 0. The van der Waals surface area contributed by atoms with Gasteiger partial charge in [0.25, 0.3) is 7.52 Å². The first kappa shape index (κ1) is 11.8. The maximum absolute atomic E-state index is 12.5. The molecule has 6 heteroatoms. The fourth-order valence-electron chi connectivity index (χ4n) is 1.67. The molecule has 1 fully saturated rings. The van der Waals surface area contributed by atoms with Crippen LogP contribution in [0.15, 0.2) is 10.3 Å². The van der Waals surface area contributed by atoms with Crippen molar-refractivity contribution in [2.45, 2.75) is 19.4 Å². The predicted molar refractivity (Wildman–Crippen MR) is 62.2 cm³/mol. The molecule has 1 atom stereocenters. The Labute approximate surface area is 98.2 Å². The van der Waals surface area contributed by atoms with Gasteiger partial charge in [-0.2, -0.15) is 0 Å². The van der Waals surface area contributed by atoms with Gasteiger partial charge < -0.3 is 9.26 Å². The van der Waals surface area contributed by atoms with Crippen molar-refractivity contribution in [1.82, 2.24) is 4.67 Å². The number of nitrogens with zero attached hydrogens (tertiary/aromatic N) is 1. The van der Waals surface area contributed by atoms with Gasteiger partial charge >= 0.3 is 0 Å². The highest BCUT2D eigenvalue weighted by molar-refractivity contribution is 9.11. The molecular weight excluding hydrogens is 281 g/mol. The minimum Gasteiger partial charge on any atom is -0.379 e. The summed E-state index contributed by atoms with van der Waals surface area (Å²) in [7, 11) is -2.78. The molecule has 4 nitrogen and oxygen atoms in total. The van der Waals surface area contributed by atoms with Crippen LogP contribution in [0, 0.1) is 0 Å². The minimum atomic E-state index is -2.78. The molecule has 86 valence electrons. The molecule has 2 heterocycles. The molecule has 2 aliphatic rings. The summed E-state index contributed by atoms with van der Waals surface area (Å²) in [5.74, 6) is 1.72. The second kappa shape index (κ2) is 3.97. The molecule has 0 aliphatic carbocycles. The van der Waals surface area contributed by atoms with Gasteiger partial charge in [0.2, 0.25) is 0 Å². The van der Waals surface area contributed by atoms with Crippen LogP contribution in [0.3, 0.4) is 0 Å². The van der Waals surface area contributed by atoms with Crippen LogP contribution in [0.1, 0.15) is 13.8 Å². The standard InChI is InChI=1S/C9H15BrNO3P/c1-9(2)8(10)7-15(12,14-9)11-3-5-13-6-4-11/h7H,3-6H2,1-2H3. The summed E-state index contributed by atoms with van der Waals surface area (Å²) in [6, 6.07) is 0. The Morgan fingerprint density at radius 3 is 2.53 bits per heavy atom. The number of ether oxygens (including phenoxy) is 1. The van der Waals surface area contributed by atoms with Crippen LogP contribution in [0.2, 0.25) is 0 Å². The van der Waals surface area contributed by atoms with Gasteiger partial charge in [-0.1, -0.05) is 15.9 Å². The van der Waals surface area contributed by atoms with Crippen LogP contribution < -0.4 is 0 Å². The molecule has 0 bridgehead atoms. The van der Waals surface area contributed by atoms with Crippen molar-refractivity contribution < 1.29 is 13.8 Å². The Bertz CT molecular complexity index is 336. The van der Waals surface area contributed by atoms with E-state index in [1.54, 1.807) is 5.82 Å². The predicted octanol–water partition coefficient (Wildman–Crippen LogP) is 2.56. The number of hydrogen-bond acceptors (Lipinski definition) is 3. The van der Waals surface area contributed by atoms with Crippen molar-refractivity contribution >= 4 is 23.4 Å². The molecule has 0 aromatic heterocycles. The smallest absolute Gasteiger partial charge is 0.297 e. The van der Waals surface area contributed by atoms with Crippen LogP contribution in [0.25, 0.3) is 0 Å². The molecule has 2 rings (SSSR count). The van der Waals surface area contributed by atoms with Crippen molar-refractivity contribution in [3.05, 3.63) is 10.3 Å². The molecule has 0 aromatic rings. The summed E-state index contributed by atoms with van der Waals surface area (Å²) in [6.45, 7) is 6.41. The quantitative estimate of drug-likeness (QED) is 0.697. The van der Waals surface area contributed by atoms with Gasteiger partial charge in [0.1, 0.15) is 5.60 Å². The average Bonchev–Trinajstić information content (AvgIpc) is 2.38. The van der Waals surface area contributed by atoms with E-state index >= 15 is 0 Å². The van der Waals surface area contributed by atoms with Crippen LogP contribution >= 0.6 is 23.4 Å². The number of rotatable bonds is 1. The van der Waals surface area contributed by atoms with Crippen LogP contribution in [0.4, 0.5) is 0 Å². The molecule has 2 aliphatic heterocycles. The van der Waals surface area contributed by atoms with E-state index in [-0.39, 0.29) is 0 Å². The third-order valence-electron chi connectivity index (χ3n) is 2.59. The Hall–Kier alpha value is 0.330. The van der Waals surface area contributed by atoms with Crippen molar-refractivity contribution in [1.29, 1.82) is 0 Å². The second-order valence-electron chi connectivity index (χ2n) is 4.21. The van der Waals surface area contributed by atoms with Crippen molar-refractivity contribution in [3.8, 4) is 0 Å². The third kappa shape index (κ3) is 2.22. The molecule has 15 heavy (non-hydrogen) atoms. The molecule has 0 aromatic carbocycles. The van der Waals surface area contributed by atoms with E-state index in [2.05, 4.69) is 15.9 Å². The summed E-state index contributed by atoms with van der Waals surface area (Å²) < 4.78 is 26.2. The van der Waals surface area contributed by atoms with Gasteiger partial charge in [-0.25, -0.2) is 4.67 Å². The zero-order valence-electron chi connectivity index (χ0n) is 8.90. The van der Waals surface area contributed by atoms with Gasteiger partial charge in [-0.3, -0.25) is 4.57 Å². The first-order valence-corrected chi connectivity index (χ1v) is 7.40. The summed E-state index contributed by atoms with van der Waals surface area (Å²) in [6.07, 6.45) is 0. The second-order valence-corrected chi connectivity index (χ2v) is 7.20. The van der Waals surface area contributed by atoms with Crippen LogP contribution in [-0.4, -0.2) is 36.6 Å². The van der Waals surface area contributed by atoms with Gasteiger partial charge in [-0.05, 0) is 13.8 Å². The zero-order valence-corrected chi connectivity index (χ0v) is 11.4. The van der Waals surface area contributed by atoms with E-state index < -0.39 is 13.1 Å². The summed E-state index contributed by atoms with van der Waals surface area (Å²) >= 11 is 3.41. The molecule has 0 spiro atoms. The van der Waals surface area contributed by atoms with E-state index in [0.717, 1.165) is 4.48 Å². The SMILES string of the molecule is CC1(C)OP(=O)(N2CCOCC2)C=C1Br. The summed E-state index contributed by atoms with van der Waals surface area (Å²) in [5, 5.41) is 0. The zero-order chi connectivity index (χ0) is 11.1. The minimum absolute atomic E-state index is 0.478. The lowest BCUT2D eigenvalue weighted by atomic mass is 10.1. The van der Waals surface area contributed by atoms with Crippen LogP contribution in [-0.2, 0) is 13.8 Å². The monoisotopic (exact) mass is 295 g/mol. The Balaban J connectivity index is 2.19. The summed E-state index contributed by atoms with van der Waals surface area (Å²) in [5.41, 5.74) is -0.478. The lowest BCUT2D eigenvalue weighted by molar-refractivity contribution is 0.0597. The Morgan fingerprint density at radius 1 is 1.47 bits per heavy atom. The molecule has 1 saturated heterocycles. The number of morpholine rings is 1. The van der Waals surface area contributed by atoms with Crippen LogP contribution in [0.5, 0.6) is 0 Å². The fourth-order valence-corrected chi connectivity index (χ4v) is 5.05. The van der Waals surface area contributed by atoms with Gasteiger partial charge in [-0.15, -0.1) is 0 Å². The van der Waals surface area contributed by atoms with E-state index in [4.69, 9.17) is 9.26 Å². The van der Waals surface area contributed by atoms with E-state index in [1.165, 1.54) is 0 Å². The highest BCUT2D eigenvalue weighted by atomic mass is 79.9. The maximum atomic E-state index is 12.5. The first-order valence-electron chi connectivity index (χ1n) is 4.96. The molecule has 0 saturated carbocycles. The topological polar surface area (TPSA) is 38.8 Å². The Morgan fingerprint density at radius 2 is 2.07 bits per heavy atom. The van der Waals surface area contributed by atoms with Gasteiger partial charge in [0.15, 0.2) is 0 Å². The third-order valence-corrected chi connectivity index (χ3v) is 6.62. The largest absolute Gasteiger partial charge is 0.379 e. The molecule has 1 unspecified atom stereocenters. The maximum Gasteiger partial charge on any atom is 0.297 e. The van der Waals surface area contributed by atoms with E-state index in [0.29, 0.717) is 26.3 Å².